The van der Waals surface area contributed by atoms with Crippen molar-refractivity contribution in [1.82, 2.24) is 10.3 Å². The molecule has 0 aliphatic rings. The average molecular weight is 325 g/mol. The first-order chi connectivity index (χ1) is 9.88. The lowest BCUT2D eigenvalue weighted by molar-refractivity contribution is 0.593. The summed E-state index contributed by atoms with van der Waals surface area (Å²) in [5, 5.41) is 3.27. The van der Waals surface area contributed by atoms with Gasteiger partial charge in [-0.2, -0.15) is 0 Å². The van der Waals surface area contributed by atoms with E-state index in [9.17, 15) is 8.42 Å². The largest absolute Gasteiger partial charge is 0.310 e. The molecule has 2 heterocycles. The van der Waals surface area contributed by atoms with Crippen LogP contribution in [0.15, 0.2) is 34.8 Å². The highest BCUT2D eigenvalue weighted by Crippen LogP contribution is 2.25. The Bertz CT molecular complexity index is 709. The minimum atomic E-state index is -3.55. The van der Waals surface area contributed by atoms with Crippen molar-refractivity contribution in [2.24, 2.45) is 0 Å². The van der Waals surface area contributed by atoms with Crippen LogP contribution >= 0.6 is 11.3 Å². The molecule has 7 heteroatoms. The predicted octanol–water partition coefficient (Wildman–Crippen LogP) is 2.75. The molecule has 114 valence electrons. The van der Waals surface area contributed by atoms with Gasteiger partial charge in [-0.3, -0.25) is 9.71 Å². The molecule has 2 N–H and O–H groups in total. The van der Waals surface area contributed by atoms with Crippen molar-refractivity contribution >= 4 is 27.0 Å². The van der Waals surface area contributed by atoms with Crippen LogP contribution in [0.1, 0.15) is 24.3 Å². The van der Waals surface area contributed by atoms with Gasteiger partial charge in [-0.15, -0.1) is 11.3 Å². The molecule has 2 rings (SSSR count). The zero-order valence-electron chi connectivity index (χ0n) is 12.3. The van der Waals surface area contributed by atoms with Crippen molar-refractivity contribution in [1.29, 1.82) is 0 Å². The Morgan fingerprint density at radius 2 is 2.05 bits per heavy atom. The lowest BCUT2D eigenvalue weighted by Gasteiger charge is -2.08. The average Bonchev–Trinajstić information content (AvgIpc) is 2.88. The Labute approximate surface area is 129 Å². The summed E-state index contributed by atoms with van der Waals surface area (Å²) in [6.07, 6.45) is 3.15. The number of aryl methyl sites for hydroxylation is 1. The number of aromatic nitrogens is 1. The topological polar surface area (TPSA) is 71.1 Å². The van der Waals surface area contributed by atoms with Gasteiger partial charge < -0.3 is 5.32 Å². The van der Waals surface area contributed by atoms with Crippen LogP contribution in [0.5, 0.6) is 0 Å². The normalized spacial score (nSPS) is 11.8. The smallest absolute Gasteiger partial charge is 0.271 e. The molecule has 0 atom stereocenters. The molecule has 0 saturated carbocycles. The quantitative estimate of drug-likeness (QED) is 0.857. The minimum Gasteiger partial charge on any atom is -0.310 e. The second-order valence-electron chi connectivity index (χ2n) is 5.05. The van der Waals surface area contributed by atoms with Gasteiger partial charge in [0.15, 0.2) is 0 Å². The van der Waals surface area contributed by atoms with Crippen LogP contribution in [0.4, 0.5) is 5.69 Å². The van der Waals surface area contributed by atoms with Gasteiger partial charge in [-0.25, -0.2) is 8.42 Å². The second-order valence-corrected chi connectivity index (χ2v) is 8.13. The molecule has 0 aliphatic carbocycles. The number of pyridine rings is 1. The zero-order chi connectivity index (χ0) is 15.5. The van der Waals surface area contributed by atoms with Crippen LogP contribution in [0, 0.1) is 6.92 Å². The fourth-order valence-electron chi connectivity index (χ4n) is 1.67. The molecule has 2 aromatic rings. The van der Waals surface area contributed by atoms with E-state index in [1.807, 2.05) is 13.0 Å². The number of rotatable bonds is 6. The van der Waals surface area contributed by atoms with Crippen LogP contribution in [0.2, 0.25) is 0 Å². The standard InChI is InChI=1S/C14H19N3O2S2/c1-10(2)16-8-12-4-5-14(20-12)21(18,19)17-13-9-15-7-6-11(13)3/h4-7,9-10,16-17H,8H2,1-3H3. The fraction of sp³-hybridized carbons (Fsp3) is 0.357. The maximum absolute atomic E-state index is 12.4. The summed E-state index contributed by atoms with van der Waals surface area (Å²) in [5.41, 5.74) is 1.35. The molecule has 0 saturated heterocycles. The van der Waals surface area contributed by atoms with Crippen LogP contribution < -0.4 is 10.0 Å². The summed E-state index contributed by atoms with van der Waals surface area (Å²) in [7, 11) is -3.55. The number of hydrogen-bond donors (Lipinski definition) is 2. The van der Waals surface area contributed by atoms with Gasteiger partial charge in [0.05, 0.1) is 11.9 Å². The Kier molecular flexibility index (Phi) is 4.97. The van der Waals surface area contributed by atoms with E-state index in [0.29, 0.717) is 22.5 Å². The molecular formula is C14H19N3O2S2. The van der Waals surface area contributed by atoms with E-state index in [2.05, 4.69) is 28.9 Å². The molecule has 0 fully saturated rings. The molecule has 5 nitrogen and oxygen atoms in total. The van der Waals surface area contributed by atoms with Crippen molar-refractivity contribution in [3.05, 3.63) is 41.0 Å². The molecule has 0 spiro atoms. The SMILES string of the molecule is Cc1ccncc1NS(=O)(=O)c1ccc(CNC(C)C)s1. The van der Waals surface area contributed by atoms with Crippen molar-refractivity contribution in [3.63, 3.8) is 0 Å². The van der Waals surface area contributed by atoms with Crippen molar-refractivity contribution in [3.8, 4) is 0 Å². The highest BCUT2D eigenvalue weighted by molar-refractivity contribution is 7.94. The summed E-state index contributed by atoms with van der Waals surface area (Å²) in [6, 6.07) is 5.61. The molecule has 21 heavy (non-hydrogen) atoms. The van der Waals surface area contributed by atoms with Gasteiger partial charge in [0.1, 0.15) is 4.21 Å². The van der Waals surface area contributed by atoms with Gasteiger partial charge >= 0.3 is 0 Å². The monoisotopic (exact) mass is 325 g/mol. The molecule has 0 amide bonds. The van der Waals surface area contributed by atoms with E-state index < -0.39 is 10.0 Å². The van der Waals surface area contributed by atoms with Crippen LogP contribution in [0.3, 0.4) is 0 Å². The van der Waals surface area contributed by atoms with Gasteiger partial charge in [0.25, 0.3) is 10.0 Å². The maximum atomic E-state index is 12.4. The van der Waals surface area contributed by atoms with Crippen molar-refractivity contribution in [2.75, 3.05) is 4.72 Å². The van der Waals surface area contributed by atoms with Gasteiger partial charge in [-0.05, 0) is 30.7 Å². The van der Waals surface area contributed by atoms with E-state index in [1.54, 1.807) is 18.3 Å². The fourth-order valence-corrected chi connectivity index (χ4v) is 4.09. The number of nitrogens with one attached hydrogen (secondary N) is 2. The number of sulfonamides is 1. The molecule has 0 unspecified atom stereocenters. The van der Waals surface area contributed by atoms with E-state index in [4.69, 9.17) is 0 Å². The third-order valence-corrected chi connectivity index (χ3v) is 5.81. The molecular weight excluding hydrogens is 306 g/mol. The minimum absolute atomic E-state index is 0.311. The van der Waals surface area contributed by atoms with Crippen molar-refractivity contribution < 1.29 is 8.42 Å². The second kappa shape index (κ2) is 6.55. The molecule has 0 radical (unpaired) electrons. The molecule has 0 aromatic carbocycles. The van der Waals surface area contributed by atoms with E-state index in [1.165, 1.54) is 17.5 Å². The Hall–Kier alpha value is -1.44. The first-order valence-corrected chi connectivity index (χ1v) is 8.94. The first-order valence-electron chi connectivity index (χ1n) is 6.64. The zero-order valence-corrected chi connectivity index (χ0v) is 13.9. The van der Waals surface area contributed by atoms with E-state index >= 15 is 0 Å². The van der Waals surface area contributed by atoms with Crippen LogP contribution in [-0.4, -0.2) is 19.4 Å². The summed E-state index contributed by atoms with van der Waals surface area (Å²) in [4.78, 5) is 4.94. The molecule has 0 bridgehead atoms. The summed E-state index contributed by atoms with van der Waals surface area (Å²) in [6.45, 7) is 6.62. The maximum Gasteiger partial charge on any atom is 0.271 e. The number of anilines is 1. The third-order valence-electron chi connectivity index (χ3n) is 2.87. The number of hydrogen-bond acceptors (Lipinski definition) is 5. The van der Waals surface area contributed by atoms with Gasteiger partial charge in [0.2, 0.25) is 0 Å². The number of nitrogens with zero attached hydrogens (tertiary/aromatic N) is 1. The summed E-state index contributed by atoms with van der Waals surface area (Å²) >= 11 is 1.27. The third kappa shape index (κ3) is 4.26. The summed E-state index contributed by atoms with van der Waals surface area (Å²) in [5.74, 6) is 0. The van der Waals surface area contributed by atoms with Crippen molar-refractivity contribution in [2.45, 2.75) is 37.6 Å². The highest BCUT2D eigenvalue weighted by Gasteiger charge is 2.18. The summed E-state index contributed by atoms with van der Waals surface area (Å²) < 4.78 is 27.6. The Morgan fingerprint density at radius 3 is 2.71 bits per heavy atom. The number of thiophene rings is 1. The Morgan fingerprint density at radius 1 is 1.29 bits per heavy atom. The Balaban J connectivity index is 2.15. The van der Waals surface area contributed by atoms with Gasteiger partial charge in [0, 0.05) is 23.7 Å². The lowest BCUT2D eigenvalue weighted by atomic mass is 10.3. The predicted molar refractivity (Wildman–Crippen MR) is 86.1 cm³/mol. The van der Waals surface area contributed by atoms with Crippen LogP contribution in [-0.2, 0) is 16.6 Å². The lowest BCUT2D eigenvalue weighted by Crippen LogP contribution is -2.21. The molecule has 0 aliphatic heterocycles. The molecule has 2 aromatic heterocycles. The van der Waals surface area contributed by atoms with E-state index in [-0.39, 0.29) is 0 Å². The van der Waals surface area contributed by atoms with Crippen LogP contribution in [0.25, 0.3) is 0 Å². The van der Waals surface area contributed by atoms with E-state index in [0.717, 1.165) is 10.4 Å². The first kappa shape index (κ1) is 15.9. The highest BCUT2D eigenvalue weighted by atomic mass is 32.2. The van der Waals surface area contributed by atoms with Gasteiger partial charge in [-0.1, -0.05) is 13.8 Å².